The van der Waals surface area contributed by atoms with Crippen LogP contribution in [0.1, 0.15) is 22.3 Å². The van der Waals surface area contributed by atoms with E-state index >= 15 is 0 Å². The highest BCUT2D eigenvalue weighted by molar-refractivity contribution is 7.26. The second kappa shape index (κ2) is 14.3. The van der Waals surface area contributed by atoms with Gasteiger partial charge in [0.1, 0.15) is 0 Å². The zero-order valence-corrected chi connectivity index (χ0v) is 36.5. The second-order valence-electron chi connectivity index (χ2n) is 17.3. The van der Waals surface area contributed by atoms with Gasteiger partial charge in [-0.3, -0.25) is 0 Å². The largest absolute Gasteiger partial charge is 0.309 e. The summed E-state index contributed by atoms with van der Waals surface area (Å²) < 4.78 is 4.63. The maximum atomic E-state index is 5.39. The van der Waals surface area contributed by atoms with Crippen LogP contribution in [0.15, 0.2) is 231 Å². The van der Waals surface area contributed by atoms with Gasteiger partial charge in [0.2, 0.25) is 0 Å². The highest BCUT2D eigenvalue weighted by atomic mass is 32.1. The number of aromatic nitrogens is 3. The highest BCUT2D eigenvalue weighted by Crippen LogP contribution is 2.57. The molecule has 9 aromatic carbocycles. The summed E-state index contributed by atoms with van der Waals surface area (Å²) in [5.41, 5.74) is 15.2. The summed E-state index contributed by atoms with van der Waals surface area (Å²) in [5.74, 6) is 0. The van der Waals surface area contributed by atoms with Crippen LogP contribution in [0.5, 0.6) is 0 Å². The Labute approximate surface area is 384 Å². The third-order valence-electron chi connectivity index (χ3n) is 13.9. The quantitative estimate of drug-likeness (QED) is 0.156. The van der Waals surface area contributed by atoms with E-state index < -0.39 is 5.41 Å². The number of hydrogen-bond donors (Lipinski definition) is 0. The molecule has 0 fully saturated rings. The predicted molar refractivity (Wildman–Crippen MR) is 276 cm³/mol. The van der Waals surface area contributed by atoms with Gasteiger partial charge < -0.3 is 4.90 Å². The Bertz CT molecular complexity index is 4020. The number of benzene rings is 9. The lowest BCUT2D eigenvalue weighted by Crippen LogP contribution is -2.28. The Morgan fingerprint density at radius 1 is 0.439 bits per heavy atom. The van der Waals surface area contributed by atoms with Crippen LogP contribution >= 0.6 is 11.3 Å². The Hall–Kier alpha value is -8.38. The van der Waals surface area contributed by atoms with Gasteiger partial charge >= 0.3 is 0 Å². The first-order valence-corrected chi connectivity index (χ1v) is 23.3. The molecule has 0 aliphatic heterocycles. The molecule has 0 unspecified atom stereocenters. The minimum atomic E-state index is -0.535. The molecule has 308 valence electrons. The van der Waals surface area contributed by atoms with E-state index in [0.29, 0.717) is 0 Å². The molecule has 0 amide bonds. The maximum Gasteiger partial charge on any atom is 0.0933 e. The lowest BCUT2D eigenvalue weighted by molar-refractivity contribution is 0.768. The number of anilines is 3. The van der Waals surface area contributed by atoms with E-state index in [9.17, 15) is 0 Å². The number of pyridine rings is 2. The van der Waals surface area contributed by atoms with Gasteiger partial charge in [0.25, 0.3) is 0 Å². The monoisotopic (exact) mass is 858 g/mol. The SMILES string of the molecule is c1ccc(C2(c3ccccc3)c3ccccc3-c3ccc(N(c4ccc(-c5nc6ccccc6c6c5ccc5c7ccccc7sc56)cc4)c4ccc5c6ccccc6nn5c4)cc32)cc1. The van der Waals surface area contributed by atoms with E-state index in [4.69, 9.17) is 10.1 Å². The van der Waals surface area contributed by atoms with E-state index in [0.717, 1.165) is 55.6 Å². The number of nitrogens with zero attached hydrogens (tertiary/aromatic N) is 4. The Kier molecular flexibility index (Phi) is 8.03. The third-order valence-corrected chi connectivity index (χ3v) is 15.1. The molecule has 13 aromatic rings. The van der Waals surface area contributed by atoms with Crippen molar-refractivity contribution in [3.63, 3.8) is 0 Å². The zero-order valence-electron chi connectivity index (χ0n) is 35.6. The smallest absolute Gasteiger partial charge is 0.0933 e. The summed E-state index contributed by atoms with van der Waals surface area (Å²) in [6.45, 7) is 0. The lowest BCUT2D eigenvalue weighted by Gasteiger charge is -2.35. The fourth-order valence-electron chi connectivity index (χ4n) is 11.0. The van der Waals surface area contributed by atoms with E-state index in [1.54, 1.807) is 0 Å². The van der Waals surface area contributed by atoms with Gasteiger partial charge in [0, 0.05) is 58.7 Å². The Balaban J connectivity index is 0.985. The van der Waals surface area contributed by atoms with E-state index in [-0.39, 0.29) is 0 Å². The zero-order chi connectivity index (χ0) is 43.3. The van der Waals surface area contributed by atoms with Gasteiger partial charge in [-0.15, -0.1) is 11.3 Å². The fraction of sp³-hybridized carbons (Fsp3) is 0.0164. The maximum absolute atomic E-state index is 5.39. The first-order chi connectivity index (χ1) is 32.7. The molecule has 14 rings (SSSR count). The minimum absolute atomic E-state index is 0.535. The molecule has 0 atom stereocenters. The van der Waals surface area contributed by atoms with Crippen LogP contribution in [0.4, 0.5) is 17.1 Å². The van der Waals surface area contributed by atoms with Crippen molar-refractivity contribution in [3.8, 4) is 22.4 Å². The number of para-hydroxylation sites is 1. The highest BCUT2D eigenvalue weighted by Gasteiger charge is 2.46. The van der Waals surface area contributed by atoms with Crippen molar-refractivity contribution in [2.75, 3.05) is 4.90 Å². The summed E-state index contributed by atoms with van der Waals surface area (Å²) in [7, 11) is 0. The summed E-state index contributed by atoms with van der Waals surface area (Å²) in [6, 6.07) is 81.7. The molecule has 0 N–H and O–H groups in total. The van der Waals surface area contributed by atoms with E-state index in [2.05, 4.69) is 236 Å². The van der Waals surface area contributed by atoms with Crippen molar-refractivity contribution in [1.29, 1.82) is 0 Å². The van der Waals surface area contributed by atoms with Gasteiger partial charge in [0.05, 0.1) is 39.5 Å². The summed E-state index contributed by atoms with van der Waals surface area (Å²) in [4.78, 5) is 7.77. The van der Waals surface area contributed by atoms with Crippen molar-refractivity contribution in [1.82, 2.24) is 14.6 Å². The van der Waals surface area contributed by atoms with Crippen molar-refractivity contribution in [3.05, 3.63) is 253 Å². The molecule has 0 spiro atoms. The van der Waals surface area contributed by atoms with Crippen molar-refractivity contribution in [2.24, 2.45) is 0 Å². The molecule has 1 aliphatic carbocycles. The van der Waals surface area contributed by atoms with Gasteiger partial charge in [0.15, 0.2) is 0 Å². The molecular formula is C61H38N4S. The molecular weight excluding hydrogens is 821 g/mol. The number of fused-ring (bicyclic) bond motifs is 13. The van der Waals surface area contributed by atoms with Crippen molar-refractivity contribution >= 4 is 86.7 Å². The molecule has 0 saturated carbocycles. The average Bonchev–Trinajstić information content (AvgIpc) is 4.05. The molecule has 1 aliphatic rings. The summed E-state index contributed by atoms with van der Waals surface area (Å²) in [5, 5.41) is 12.4. The van der Waals surface area contributed by atoms with Crippen LogP contribution in [0.25, 0.3) is 80.7 Å². The lowest BCUT2D eigenvalue weighted by atomic mass is 9.67. The number of thiophene rings is 1. The second-order valence-corrected chi connectivity index (χ2v) is 18.4. The average molecular weight is 859 g/mol. The van der Waals surface area contributed by atoms with Crippen LogP contribution in [-0.4, -0.2) is 14.6 Å². The molecule has 0 saturated heterocycles. The van der Waals surface area contributed by atoms with Gasteiger partial charge in [-0.1, -0.05) is 170 Å². The third kappa shape index (κ3) is 5.32. The minimum Gasteiger partial charge on any atom is -0.309 e. The molecule has 5 heteroatoms. The van der Waals surface area contributed by atoms with Gasteiger partial charge in [-0.25, -0.2) is 9.50 Å². The van der Waals surface area contributed by atoms with Crippen LogP contribution in [-0.2, 0) is 5.41 Å². The van der Waals surface area contributed by atoms with Crippen molar-refractivity contribution in [2.45, 2.75) is 5.41 Å². The molecule has 0 bridgehead atoms. The number of hydrogen-bond acceptors (Lipinski definition) is 4. The van der Waals surface area contributed by atoms with E-state index in [1.807, 2.05) is 15.9 Å². The topological polar surface area (TPSA) is 33.4 Å². The van der Waals surface area contributed by atoms with Crippen LogP contribution < -0.4 is 4.90 Å². The van der Waals surface area contributed by atoms with Crippen LogP contribution in [0.2, 0.25) is 0 Å². The Morgan fingerprint density at radius 3 is 1.86 bits per heavy atom. The van der Waals surface area contributed by atoms with E-state index in [1.165, 1.54) is 64.3 Å². The fourth-order valence-corrected chi connectivity index (χ4v) is 12.3. The summed E-state index contributed by atoms with van der Waals surface area (Å²) in [6.07, 6.45) is 2.17. The number of rotatable bonds is 6. The van der Waals surface area contributed by atoms with Gasteiger partial charge in [-0.2, -0.15) is 5.10 Å². The first-order valence-electron chi connectivity index (χ1n) is 22.5. The normalized spacial score (nSPS) is 13.0. The molecule has 4 aromatic heterocycles. The van der Waals surface area contributed by atoms with Crippen LogP contribution in [0.3, 0.4) is 0 Å². The molecule has 66 heavy (non-hydrogen) atoms. The Morgan fingerprint density at radius 2 is 1.06 bits per heavy atom. The van der Waals surface area contributed by atoms with Gasteiger partial charge in [-0.05, 0) is 88.0 Å². The standard InChI is InChI=1S/C61H38N4S/c1-3-15-40(16-4-1)61(41-17-5-2-6-18-41)52-23-11-7-19-45(52)46-33-31-43(37-53(46)61)65(44-32-36-56-49-21-8-13-25-55(49)63-64(56)38-44)42-29-27-39(28-30-42)59-51-35-34-48-47-20-10-14-26-57(47)66-60(48)58(51)50-22-9-12-24-54(50)62-59/h1-38H. The molecule has 4 nitrogen and oxygen atoms in total. The first kappa shape index (κ1) is 37.0. The predicted octanol–water partition coefficient (Wildman–Crippen LogP) is 16.1. The molecule has 0 radical (unpaired) electrons. The molecule has 4 heterocycles. The van der Waals surface area contributed by atoms with Crippen molar-refractivity contribution < 1.29 is 0 Å². The van der Waals surface area contributed by atoms with Crippen LogP contribution in [0, 0.1) is 0 Å². The summed E-state index contributed by atoms with van der Waals surface area (Å²) >= 11 is 1.87.